The minimum atomic E-state index is 0. The SMILES string of the molecule is COc1ccc([C@@H](CN)CO)cc1.Cl. The number of methoxy groups -OCH3 is 1. The number of hydrogen-bond donors (Lipinski definition) is 2. The van der Waals surface area contributed by atoms with Crippen LogP contribution in [0.2, 0.25) is 0 Å². The highest BCUT2D eigenvalue weighted by atomic mass is 35.5. The molecule has 1 atom stereocenters. The van der Waals surface area contributed by atoms with Crippen LogP contribution in [0.3, 0.4) is 0 Å². The van der Waals surface area contributed by atoms with Gasteiger partial charge in [-0.1, -0.05) is 12.1 Å². The molecule has 0 radical (unpaired) electrons. The summed E-state index contributed by atoms with van der Waals surface area (Å²) in [6, 6.07) is 7.58. The molecule has 1 aromatic rings. The number of hydrogen-bond acceptors (Lipinski definition) is 3. The van der Waals surface area contributed by atoms with E-state index in [1.807, 2.05) is 24.3 Å². The van der Waals surface area contributed by atoms with E-state index >= 15 is 0 Å². The number of rotatable bonds is 4. The van der Waals surface area contributed by atoms with Crippen molar-refractivity contribution >= 4 is 12.4 Å². The summed E-state index contributed by atoms with van der Waals surface area (Å²) >= 11 is 0. The lowest BCUT2D eigenvalue weighted by molar-refractivity contribution is 0.267. The van der Waals surface area contributed by atoms with Crippen molar-refractivity contribution in [3.05, 3.63) is 29.8 Å². The van der Waals surface area contributed by atoms with E-state index in [0.29, 0.717) is 6.54 Å². The van der Waals surface area contributed by atoms with Crippen molar-refractivity contribution < 1.29 is 9.84 Å². The predicted octanol–water partition coefficient (Wildman–Crippen LogP) is 1.15. The zero-order chi connectivity index (χ0) is 9.68. The van der Waals surface area contributed by atoms with E-state index in [9.17, 15) is 0 Å². The fourth-order valence-corrected chi connectivity index (χ4v) is 1.19. The molecule has 0 fully saturated rings. The number of aliphatic hydroxyl groups is 1. The second kappa shape index (κ2) is 6.65. The van der Waals surface area contributed by atoms with E-state index in [-0.39, 0.29) is 24.9 Å². The van der Waals surface area contributed by atoms with Gasteiger partial charge in [0.15, 0.2) is 0 Å². The zero-order valence-corrected chi connectivity index (χ0v) is 8.96. The molecule has 0 saturated heterocycles. The third-order valence-electron chi connectivity index (χ3n) is 2.09. The average molecular weight is 218 g/mol. The summed E-state index contributed by atoms with van der Waals surface area (Å²) in [7, 11) is 1.63. The quantitative estimate of drug-likeness (QED) is 0.796. The Morgan fingerprint density at radius 2 is 1.93 bits per heavy atom. The fourth-order valence-electron chi connectivity index (χ4n) is 1.19. The van der Waals surface area contributed by atoms with Crippen molar-refractivity contribution in [2.75, 3.05) is 20.3 Å². The van der Waals surface area contributed by atoms with Crippen LogP contribution in [0.5, 0.6) is 5.75 Å². The zero-order valence-electron chi connectivity index (χ0n) is 8.14. The van der Waals surface area contributed by atoms with Crippen LogP contribution >= 0.6 is 12.4 Å². The lowest BCUT2D eigenvalue weighted by Gasteiger charge is -2.11. The summed E-state index contributed by atoms with van der Waals surface area (Å²) in [5, 5.41) is 8.99. The van der Waals surface area contributed by atoms with Gasteiger partial charge in [0.05, 0.1) is 13.7 Å². The lowest BCUT2D eigenvalue weighted by Crippen LogP contribution is -2.15. The molecule has 0 heterocycles. The van der Waals surface area contributed by atoms with Gasteiger partial charge in [-0.05, 0) is 17.7 Å². The molecule has 0 amide bonds. The van der Waals surface area contributed by atoms with Crippen molar-refractivity contribution in [1.29, 1.82) is 0 Å². The van der Waals surface area contributed by atoms with Gasteiger partial charge in [-0.2, -0.15) is 0 Å². The highest BCUT2D eigenvalue weighted by Gasteiger charge is 2.07. The molecule has 4 heteroatoms. The molecule has 0 aliphatic rings. The molecule has 3 N–H and O–H groups in total. The maximum absolute atomic E-state index is 8.99. The van der Waals surface area contributed by atoms with Crippen molar-refractivity contribution in [2.45, 2.75) is 5.92 Å². The second-order valence-corrected chi connectivity index (χ2v) is 2.89. The molecule has 3 nitrogen and oxygen atoms in total. The average Bonchev–Trinajstić information content (AvgIpc) is 2.21. The molecule has 0 bridgehead atoms. The molecule has 14 heavy (non-hydrogen) atoms. The number of halogens is 1. The lowest BCUT2D eigenvalue weighted by atomic mass is 10.0. The van der Waals surface area contributed by atoms with Gasteiger partial charge in [0.1, 0.15) is 5.75 Å². The summed E-state index contributed by atoms with van der Waals surface area (Å²) in [6.45, 7) is 0.547. The Kier molecular flexibility index (Phi) is 6.28. The van der Waals surface area contributed by atoms with Crippen LogP contribution in [0.15, 0.2) is 24.3 Å². The Morgan fingerprint density at radius 3 is 2.29 bits per heavy atom. The first-order chi connectivity index (χ1) is 6.31. The molecule has 0 aromatic heterocycles. The summed E-state index contributed by atoms with van der Waals surface area (Å²) in [6.07, 6.45) is 0. The van der Waals surface area contributed by atoms with Crippen LogP contribution in [0.25, 0.3) is 0 Å². The molecule has 0 aliphatic carbocycles. The van der Waals surface area contributed by atoms with E-state index in [1.165, 1.54) is 0 Å². The number of ether oxygens (including phenoxy) is 1. The minimum absolute atomic E-state index is 0. The molecular weight excluding hydrogens is 202 g/mol. The third kappa shape index (κ3) is 3.18. The maximum Gasteiger partial charge on any atom is 0.118 e. The topological polar surface area (TPSA) is 55.5 Å². The standard InChI is InChI=1S/C10H15NO2.ClH/c1-13-10-4-2-8(3-5-10)9(6-11)7-12;/h2-5,9,12H,6-7,11H2,1H3;1H/t9-;/m0./s1. The van der Waals surface area contributed by atoms with E-state index in [2.05, 4.69) is 0 Å². The third-order valence-corrected chi connectivity index (χ3v) is 2.09. The van der Waals surface area contributed by atoms with Crippen LogP contribution in [0.1, 0.15) is 11.5 Å². The molecule has 1 aromatic carbocycles. The molecule has 1 rings (SSSR count). The Hall–Kier alpha value is -0.770. The highest BCUT2D eigenvalue weighted by Crippen LogP contribution is 2.17. The van der Waals surface area contributed by atoms with Gasteiger partial charge in [0.25, 0.3) is 0 Å². The maximum atomic E-state index is 8.99. The van der Waals surface area contributed by atoms with Crippen LogP contribution < -0.4 is 10.5 Å². The van der Waals surface area contributed by atoms with Gasteiger partial charge >= 0.3 is 0 Å². The van der Waals surface area contributed by atoms with E-state index in [4.69, 9.17) is 15.6 Å². The second-order valence-electron chi connectivity index (χ2n) is 2.89. The Bertz CT molecular complexity index is 247. The van der Waals surface area contributed by atoms with Crippen LogP contribution in [-0.2, 0) is 0 Å². The Labute approximate surface area is 90.3 Å². The van der Waals surface area contributed by atoms with Crippen LogP contribution in [-0.4, -0.2) is 25.4 Å². The Morgan fingerprint density at radius 1 is 1.36 bits per heavy atom. The van der Waals surface area contributed by atoms with Gasteiger partial charge in [-0.3, -0.25) is 0 Å². The van der Waals surface area contributed by atoms with Gasteiger partial charge in [-0.25, -0.2) is 0 Å². The fraction of sp³-hybridized carbons (Fsp3) is 0.400. The highest BCUT2D eigenvalue weighted by molar-refractivity contribution is 5.85. The van der Waals surface area contributed by atoms with E-state index in [0.717, 1.165) is 11.3 Å². The molecule has 0 aliphatic heterocycles. The minimum Gasteiger partial charge on any atom is -0.497 e. The van der Waals surface area contributed by atoms with Crippen LogP contribution in [0, 0.1) is 0 Å². The largest absolute Gasteiger partial charge is 0.497 e. The van der Waals surface area contributed by atoms with Crippen molar-refractivity contribution in [2.24, 2.45) is 5.73 Å². The molecule has 0 saturated carbocycles. The van der Waals surface area contributed by atoms with E-state index < -0.39 is 0 Å². The first-order valence-electron chi connectivity index (χ1n) is 4.26. The first-order valence-corrected chi connectivity index (χ1v) is 4.26. The predicted molar refractivity (Wildman–Crippen MR) is 59.1 cm³/mol. The van der Waals surface area contributed by atoms with Crippen molar-refractivity contribution in [1.82, 2.24) is 0 Å². The van der Waals surface area contributed by atoms with Gasteiger partial charge in [0.2, 0.25) is 0 Å². The molecule has 80 valence electrons. The van der Waals surface area contributed by atoms with Crippen molar-refractivity contribution in [3.8, 4) is 5.75 Å². The normalized spacial score (nSPS) is 11.6. The summed E-state index contributed by atoms with van der Waals surface area (Å²) < 4.78 is 5.02. The Balaban J connectivity index is 0.00000169. The van der Waals surface area contributed by atoms with Crippen molar-refractivity contribution in [3.63, 3.8) is 0 Å². The summed E-state index contributed by atoms with van der Waals surface area (Å²) in [5.74, 6) is 0.850. The molecule has 0 spiro atoms. The number of benzene rings is 1. The molecule has 0 unspecified atom stereocenters. The summed E-state index contributed by atoms with van der Waals surface area (Å²) in [4.78, 5) is 0. The van der Waals surface area contributed by atoms with Gasteiger partial charge in [0, 0.05) is 12.5 Å². The van der Waals surface area contributed by atoms with Crippen LogP contribution in [0.4, 0.5) is 0 Å². The number of nitrogens with two attached hydrogens (primary N) is 1. The van der Waals surface area contributed by atoms with E-state index in [1.54, 1.807) is 7.11 Å². The number of aliphatic hydroxyl groups excluding tert-OH is 1. The summed E-state index contributed by atoms with van der Waals surface area (Å²) in [5.41, 5.74) is 6.54. The van der Waals surface area contributed by atoms with Gasteiger partial charge < -0.3 is 15.6 Å². The monoisotopic (exact) mass is 217 g/mol. The smallest absolute Gasteiger partial charge is 0.118 e. The molecular formula is C10H16ClNO2. The first kappa shape index (κ1) is 13.2. The van der Waals surface area contributed by atoms with Gasteiger partial charge in [-0.15, -0.1) is 12.4 Å².